The molecule has 0 aliphatic carbocycles. The monoisotopic (exact) mass is 432 g/mol. The number of hydrogen-bond acceptors (Lipinski definition) is 7. The lowest BCUT2D eigenvalue weighted by atomic mass is 10.3. The van der Waals surface area contributed by atoms with Crippen LogP contribution in [0.4, 0.5) is 17.5 Å². The predicted octanol–water partition coefficient (Wildman–Crippen LogP) is 4.79. The Labute approximate surface area is 187 Å². The van der Waals surface area contributed by atoms with Crippen molar-refractivity contribution in [2.75, 3.05) is 30.9 Å². The highest BCUT2D eigenvalue weighted by Gasteiger charge is 2.14. The fourth-order valence-electron chi connectivity index (χ4n) is 3.27. The maximum absolute atomic E-state index is 5.62. The van der Waals surface area contributed by atoms with Crippen LogP contribution < -0.4 is 15.4 Å². The Hall–Kier alpha value is -3.65. The van der Waals surface area contributed by atoms with E-state index in [9.17, 15) is 0 Å². The van der Waals surface area contributed by atoms with Gasteiger partial charge in [0.25, 0.3) is 0 Å². The van der Waals surface area contributed by atoms with Gasteiger partial charge in [0.15, 0.2) is 5.65 Å². The van der Waals surface area contributed by atoms with E-state index in [1.807, 2.05) is 73.1 Å². The highest BCUT2D eigenvalue weighted by Crippen LogP contribution is 2.28. The summed E-state index contributed by atoms with van der Waals surface area (Å²) in [6.45, 7) is 5.46. The summed E-state index contributed by atoms with van der Waals surface area (Å²) < 4.78 is 12.8. The summed E-state index contributed by atoms with van der Waals surface area (Å²) in [7, 11) is 1.65. The summed E-state index contributed by atoms with van der Waals surface area (Å²) in [4.78, 5) is 9.48. The third-order valence-corrected chi connectivity index (χ3v) is 4.82. The number of aromatic nitrogens is 4. The third kappa shape index (κ3) is 5.15. The summed E-state index contributed by atoms with van der Waals surface area (Å²) in [6, 6.07) is 17.7. The van der Waals surface area contributed by atoms with E-state index in [1.165, 1.54) is 0 Å². The largest absolute Gasteiger partial charge is 0.497 e. The first-order valence-corrected chi connectivity index (χ1v) is 10.7. The Kier molecular flexibility index (Phi) is 6.81. The van der Waals surface area contributed by atoms with E-state index in [-0.39, 0.29) is 6.10 Å². The van der Waals surface area contributed by atoms with Crippen LogP contribution in [0.15, 0.2) is 60.8 Å². The van der Waals surface area contributed by atoms with E-state index in [1.54, 1.807) is 13.3 Å². The van der Waals surface area contributed by atoms with Gasteiger partial charge in [0.1, 0.15) is 11.6 Å². The Bertz CT molecular complexity index is 1160. The normalized spacial score (nSPS) is 11.1. The van der Waals surface area contributed by atoms with Crippen LogP contribution in [0.3, 0.4) is 0 Å². The van der Waals surface area contributed by atoms with E-state index >= 15 is 0 Å². The molecule has 32 heavy (non-hydrogen) atoms. The number of para-hydroxylation sites is 1. The molecule has 0 bridgehead atoms. The lowest BCUT2D eigenvalue weighted by molar-refractivity contribution is 0.0787. The van der Waals surface area contributed by atoms with Gasteiger partial charge >= 0.3 is 0 Å². The maximum atomic E-state index is 5.62. The summed E-state index contributed by atoms with van der Waals surface area (Å²) in [5.41, 5.74) is 2.52. The molecule has 2 aromatic carbocycles. The van der Waals surface area contributed by atoms with Crippen LogP contribution in [-0.2, 0) is 4.74 Å². The number of methoxy groups -OCH3 is 1. The van der Waals surface area contributed by atoms with Gasteiger partial charge in [0.05, 0.1) is 30.5 Å². The molecule has 0 radical (unpaired) electrons. The minimum Gasteiger partial charge on any atom is -0.497 e. The average Bonchev–Trinajstić information content (AvgIpc) is 3.24. The number of benzene rings is 2. The first-order valence-electron chi connectivity index (χ1n) is 10.7. The van der Waals surface area contributed by atoms with Gasteiger partial charge in [-0.1, -0.05) is 24.3 Å². The lowest BCUT2D eigenvalue weighted by Crippen LogP contribution is -2.12. The first kappa shape index (κ1) is 21.6. The van der Waals surface area contributed by atoms with Crippen LogP contribution >= 0.6 is 0 Å². The molecule has 8 heteroatoms. The smallest absolute Gasteiger partial charge is 0.226 e. The highest BCUT2D eigenvalue weighted by atomic mass is 16.5. The Morgan fingerprint density at radius 3 is 2.66 bits per heavy atom. The number of nitrogens with one attached hydrogen (secondary N) is 2. The lowest BCUT2D eigenvalue weighted by Gasteiger charge is -2.12. The summed E-state index contributed by atoms with van der Waals surface area (Å²) in [6.07, 6.45) is 2.86. The minimum atomic E-state index is 0.224. The molecule has 0 fully saturated rings. The fraction of sp³-hybridized carbons (Fsp3) is 0.292. The molecule has 0 spiro atoms. The number of hydrogen-bond donors (Lipinski definition) is 2. The second-order valence-corrected chi connectivity index (χ2v) is 7.58. The van der Waals surface area contributed by atoms with E-state index in [2.05, 4.69) is 15.7 Å². The van der Waals surface area contributed by atoms with Crippen LogP contribution in [0.1, 0.15) is 20.3 Å². The molecule has 0 saturated carbocycles. The first-order chi connectivity index (χ1) is 15.6. The number of ether oxygens (including phenoxy) is 2. The Morgan fingerprint density at radius 2 is 1.88 bits per heavy atom. The van der Waals surface area contributed by atoms with Crippen LogP contribution in [0.25, 0.3) is 16.7 Å². The van der Waals surface area contributed by atoms with Gasteiger partial charge in [-0.3, -0.25) is 0 Å². The van der Waals surface area contributed by atoms with Crippen molar-refractivity contribution in [3.8, 4) is 11.4 Å². The van der Waals surface area contributed by atoms with Crippen LogP contribution in [0.5, 0.6) is 5.75 Å². The molecule has 0 atom stereocenters. The van der Waals surface area contributed by atoms with Gasteiger partial charge < -0.3 is 20.1 Å². The van der Waals surface area contributed by atoms with Crippen molar-refractivity contribution in [1.82, 2.24) is 19.7 Å². The second kappa shape index (κ2) is 10.1. The van der Waals surface area contributed by atoms with Gasteiger partial charge in [-0.2, -0.15) is 15.1 Å². The molecule has 4 rings (SSSR count). The maximum Gasteiger partial charge on any atom is 0.226 e. The molecule has 2 heterocycles. The van der Waals surface area contributed by atoms with Crippen LogP contribution in [0.2, 0.25) is 0 Å². The predicted molar refractivity (Wildman–Crippen MR) is 127 cm³/mol. The van der Waals surface area contributed by atoms with Gasteiger partial charge in [-0.25, -0.2) is 4.68 Å². The van der Waals surface area contributed by atoms with Crippen molar-refractivity contribution in [1.29, 1.82) is 0 Å². The summed E-state index contributed by atoms with van der Waals surface area (Å²) >= 11 is 0. The molecule has 0 saturated heterocycles. The number of rotatable bonds is 10. The Morgan fingerprint density at radius 1 is 1.03 bits per heavy atom. The standard InChI is InChI=1S/C24H28N6O2/c1-17(2)32-14-8-13-25-24-28-22(27-18-9-7-12-20(15-18)31-3)21-16-26-30(23(21)29-24)19-10-5-4-6-11-19/h4-7,9-12,15-17H,8,13-14H2,1-3H3,(H2,25,27,28,29). The summed E-state index contributed by atoms with van der Waals surface area (Å²) in [5.74, 6) is 1.97. The van der Waals surface area contributed by atoms with Crippen LogP contribution in [0, 0.1) is 0 Å². The number of nitrogens with zero attached hydrogens (tertiary/aromatic N) is 4. The fourth-order valence-corrected chi connectivity index (χ4v) is 3.27. The molecule has 0 unspecified atom stereocenters. The van der Waals surface area contributed by atoms with Gasteiger partial charge in [-0.15, -0.1) is 0 Å². The quantitative estimate of drug-likeness (QED) is 0.348. The number of fused-ring (bicyclic) bond motifs is 1. The SMILES string of the molecule is COc1cccc(Nc2nc(NCCCOC(C)C)nc3c2cnn3-c2ccccc2)c1. The van der Waals surface area contributed by atoms with E-state index in [0.717, 1.165) is 34.6 Å². The van der Waals surface area contributed by atoms with Gasteiger partial charge in [-0.05, 0) is 44.5 Å². The molecule has 0 aliphatic heterocycles. The molecule has 2 aromatic heterocycles. The topological polar surface area (TPSA) is 86.1 Å². The van der Waals surface area contributed by atoms with Gasteiger partial charge in [0.2, 0.25) is 5.95 Å². The van der Waals surface area contributed by atoms with E-state index < -0.39 is 0 Å². The summed E-state index contributed by atoms with van der Waals surface area (Å²) in [5, 5.41) is 12.1. The van der Waals surface area contributed by atoms with Crippen molar-refractivity contribution in [2.45, 2.75) is 26.4 Å². The molecule has 0 aliphatic rings. The van der Waals surface area contributed by atoms with Crippen molar-refractivity contribution in [2.24, 2.45) is 0 Å². The molecule has 0 amide bonds. The van der Waals surface area contributed by atoms with Crippen molar-refractivity contribution in [3.05, 3.63) is 60.8 Å². The molecule has 8 nitrogen and oxygen atoms in total. The molecular formula is C24H28N6O2. The zero-order chi connectivity index (χ0) is 22.3. The average molecular weight is 433 g/mol. The van der Waals surface area contributed by atoms with Gasteiger partial charge in [0, 0.05) is 24.9 Å². The zero-order valence-electron chi connectivity index (χ0n) is 18.6. The van der Waals surface area contributed by atoms with Crippen molar-refractivity contribution in [3.63, 3.8) is 0 Å². The molecular weight excluding hydrogens is 404 g/mol. The van der Waals surface area contributed by atoms with Crippen LogP contribution in [-0.4, -0.2) is 46.1 Å². The molecule has 166 valence electrons. The van der Waals surface area contributed by atoms with E-state index in [4.69, 9.17) is 19.4 Å². The van der Waals surface area contributed by atoms with E-state index in [0.29, 0.717) is 24.9 Å². The van der Waals surface area contributed by atoms with Crippen molar-refractivity contribution < 1.29 is 9.47 Å². The zero-order valence-corrected chi connectivity index (χ0v) is 18.6. The molecule has 4 aromatic rings. The Balaban J connectivity index is 1.66. The molecule has 2 N–H and O–H groups in total. The number of anilines is 3. The highest BCUT2D eigenvalue weighted by molar-refractivity contribution is 5.90. The second-order valence-electron chi connectivity index (χ2n) is 7.58. The third-order valence-electron chi connectivity index (χ3n) is 4.82. The minimum absolute atomic E-state index is 0.224. The van der Waals surface area contributed by atoms with Crippen molar-refractivity contribution >= 4 is 28.5 Å².